The minimum Gasteiger partial charge on any atom is -0.496 e. The van der Waals surface area contributed by atoms with E-state index in [9.17, 15) is 0 Å². The lowest BCUT2D eigenvalue weighted by molar-refractivity contribution is 0.0759. The molecule has 0 saturated carbocycles. The molecule has 14 heavy (non-hydrogen) atoms. The van der Waals surface area contributed by atoms with Gasteiger partial charge in [0.15, 0.2) is 0 Å². The topological polar surface area (TPSA) is 43.4 Å². The smallest absolute Gasteiger partial charge is 0.126 e. The Morgan fingerprint density at radius 2 is 2.57 bits per heavy atom. The van der Waals surface area contributed by atoms with E-state index in [1.54, 1.807) is 13.3 Å². The summed E-state index contributed by atoms with van der Waals surface area (Å²) in [6.07, 6.45) is 3.55. The van der Waals surface area contributed by atoms with Crippen LogP contribution in [0.3, 0.4) is 0 Å². The molecule has 2 heterocycles. The summed E-state index contributed by atoms with van der Waals surface area (Å²) in [5, 5.41) is 3.37. The van der Waals surface area contributed by atoms with Gasteiger partial charge in [0.1, 0.15) is 5.75 Å². The summed E-state index contributed by atoms with van der Waals surface area (Å²) >= 11 is 0. The lowest BCUT2D eigenvalue weighted by atomic mass is 10.1. The van der Waals surface area contributed by atoms with Gasteiger partial charge in [-0.25, -0.2) is 0 Å². The van der Waals surface area contributed by atoms with Gasteiger partial charge in [-0.1, -0.05) is 0 Å². The zero-order valence-corrected chi connectivity index (χ0v) is 8.19. The third kappa shape index (κ3) is 1.86. The van der Waals surface area contributed by atoms with E-state index in [0.717, 1.165) is 24.5 Å². The molecule has 76 valence electrons. The normalized spacial score (nSPS) is 21.9. The molecule has 1 saturated heterocycles. The number of nitrogens with zero attached hydrogens (tertiary/aromatic N) is 1. The molecule has 0 amide bonds. The van der Waals surface area contributed by atoms with Crippen molar-refractivity contribution in [3.8, 4) is 5.75 Å². The highest BCUT2D eigenvalue weighted by atomic mass is 16.5. The van der Waals surface area contributed by atoms with Gasteiger partial charge in [0.25, 0.3) is 0 Å². The number of methoxy groups -OCH3 is 1. The lowest BCUT2D eigenvalue weighted by Crippen LogP contribution is -2.34. The first-order valence-electron chi connectivity index (χ1n) is 4.71. The average Bonchev–Trinajstić information content (AvgIpc) is 2.30. The van der Waals surface area contributed by atoms with Gasteiger partial charge in [-0.2, -0.15) is 0 Å². The average molecular weight is 194 g/mol. The number of hydrogen-bond donors (Lipinski definition) is 1. The lowest BCUT2D eigenvalue weighted by Gasteiger charge is -2.24. The van der Waals surface area contributed by atoms with Gasteiger partial charge in [-0.3, -0.25) is 4.98 Å². The van der Waals surface area contributed by atoms with Crippen LogP contribution < -0.4 is 10.1 Å². The molecule has 0 radical (unpaired) electrons. The van der Waals surface area contributed by atoms with Crippen molar-refractivity contribution in [3.63, 3.8) is 0 Å². The van der Waals surface area contributed by atoms with E-state index in [2.05, 4.69) is 10.3 Å². The van der Waals surface area contributed by atoms with Crippen LogP contribution in [0.5, 0.6) is 5.75 Å². The molecule has 1 fully saturated rings. The van der Waals surface area contributed by atoms with E-state index in [1.165, 1.54) is 0 Å². The van der Waals surface area contributed by atoms with Crippen molar-refractivity contribution in [1.82, 2.24) is 10.3 Å². The molecule has 0 aromatic carbocycles. The van der Waals surface area contributed by atoms with Crippen LogP contribution in [0, 0.1) is 0 Å². The van der Waals surface area contributed by atoms with Gasteiger partial charge in [0.2, 0.25) is 0 Å². The van der Waals surface area contributed by atoms with Crippen LogP contribution in [-0.2, 0) is 4.74 Å². The number of nitrogens with one attached hydrogen (secondary N) is 1. The van der Waals surface area contributed by atoms with Crippen LogP contribution >= 0.6 is 0 Å². The van der Waals surface area contributed by atoms with Crippen molar-refractivity contribution >= 4 is 0 Å². The molecule has 4 heteroatoms. The quantitative estimate of drug-likeness (QED) is 0.754. The summed E-state index contributed by atoms with van der Waals surface area (Å²) < 4.78 is 10.7. The van der Waals surface area contributed by atoms with Crippen LogP contribution in [0.2, 0.25) is 0 Å². The summed E-state index contributed by atoms with van der Waals surface area (Å²) in [4.78, 5) is 4.09. The Morgan fingerprint density at radius 3 is 3.29 bits per heavy atom. The van der Waals surface area contributed by atoms with Crippen LogP contribution in [0.1, 0.15) is 11.6 Å². The van der Waals surface area contributed by atoms with Gasteiger partial charge in [0.05, 0.1) is 26.4 Å². The Bertz CT molecular complexity index is 298. The van der Waals surface area contributed by atoms with E-state index in [4.69, 9.17) is 9.47 Å². The highest BCUT2D eigenvalue weighted by Gasteiger charge is 2.18. The molecular formula is C10H14N2O2. The first kappa shape index (κ1) is 9.43. The van der Waals surface area contributed by atoms with E-state index < -0.39 is 0 Å². The first-order chi connectivity index (χ1) is 6.92. The molecule has 1 N–H and O–H groups in total. The maximum Gasteiger partial charge on any atom is 0.126 e. The second-order valence-corrected chi connectivity index (χ2v) is 3.20. The van der Waals surface area contributed by atoms with Gasteiger partial charge >= 0.3 is 0 Å². The molecule has 2 rings (SSSR count). The summed E-state index contributed by atoms with van der Waals surface area (Å²) in [6, 6.07) is 2.07. The van der Waals surface area contributed by atoms with Crippen LogP contribution in [0.4, 0.5) is 0 Å². The first-order valence-corrected chi connectivity index (χ1v) is 4.71. The zero-order valence-electron chi connectivity index (χ0n) is 8.19. The number of rotatable bonds is 2. The fourth-order valence-electron chi connectivity index (χ4n) is 1.61. The van der Waals surface area contributed by atoms with E-state index in [-0.39, 0.29) is 6.04 Å². The summed E-state index contributed by atoms with van der Waals surface area (Å²) in [5.41, 5.74) is 1.06. The third-order valence-corrected chi connectivity index (χ3v) is 2.33. The molecule has 1 aliphatic heterocycles. The highest BCUT2D eigenvalue weighted by molar-refractivity contribution is 5.33. The highest BCUT2D eigenvalue weighted by Crippen LogP contribution is 2.24. The van der Waals surface area contributed by atoms with Crippen LogP contribution in [-0.4, -0.2) is 31.9 Å². The molecule has 1 atom stereocenters. The number of morpholine rings is 1. The second kappa shape index (κ2) is 4.39. The largest absolute Gasteiger partial charge is 0.496 e. The summed E-state index contributed by atoms with van der Waals surface area (Å²) in [7, 11) is 1.67. The van der Waals surface area contributed by atoms with Gasteiger partial charge < -0.3 is 14.8 Å². The number of aromatic nitrogens is 1. The van der Waals surface area contributed by atoms with E-state index in [0.29, 0.717) is 6.61 Å². The zero-order chi connectivity index (χ0) is 9.80. The molecule has 0 aliphatic carbocycles. The van der Waals surface area contributed by atoms with Crippen molar-refractivity contribution in [2.75, 3.05) is 26.9 Å². The molecule has 4 nitrogen and oxygen atoms in total. The number of pyridine rings is 1. The van der Waals surface area contributed by atoms with Crippen molar-refractivity contribution in [1.29, 1.82) is 0 Å². The fourth-order valence-corrected chi connectivity index (χ4v) is 1.61. The third-order valence-electron chi connectivity index (χ3n) is 2.33. The second-order valence-electron chi connectivity index (χ2n) is 3.20. The Labute approximate surface area is 83.2 Å². The Hall–Kier alpha value is -1.13. The Morgan fingerprint density at radius 1 is 1.64 bits per heavy atom. The maximum atomic E-state index is 5.39. The van der Waals surface area contributed by atoms with Crippen molar-refractivity contribution in [2.24, 2.45) is 0 Å². The fraction of sp³-hybridized carbons (Fsp3) is 0.500. The number of hydrogen-bond acceptors (Lipinski definition) is 4. The molecule has 0 bridgehead atoms. The SMILES string of the molecule is COc1ccncc1[C@H]1COCCN1. The maximum absolute atomic E-state index is 5.39. The van der Waals surface area contributed by atoms with E-state index in [1.807, 2.05) is 12.3 Å². The summed E-state index contributed by atoms with van der Waals surface area (Å²) in [6.45, 7) is 2.34. The number of ether oxygens (including phenoxy) is 2. The molecule has 1 aliphatic rings. The van der Waals surface area contributed by atoms with Crippen molar-refractivity contribution in [3.05, 3.63) is 24.0 Å². The standard InChI is InChI=1S/C10H14N2O2/c1-13-10-2-3-11-6-8(10)9-7-14-5-4-12-9/h2-3,6,9,12H,4-5,7H2,1H3/t9-/m1/s1. The molecular weight excluding hydrogens is 180 g/mol. The van der Waals surface area contributed by atoms with Crippen molar-refractivity contribution < 1.29 is 9.47 Å². The monoisotopic (exact) mass is 194 g/mol. The van der Waals surface area contributed by atoms with Gasteiger partial charge in [-0.05, 0) is 6.07 Å². The molecule has 0 unspecified atom stereocenters. The minimum absolute atomic E-state index is 0.201. The Balaban J connectivity index is 2.20. The minimum atomic E-state index is 0.201. The Kier molecular flexibility index (Phi) is 2.96. The molecule has 0 spiro atoms. The van der Waals surface area contributed by atoms with Crippen molar-refractivity contribution in [2.45, 2.75) is 6.04 Å². The van der Waals surface area contributed by atoms with Gasteiger partial charge in [0, 0.05) is 24.5 Å². The summed E-state index contributed by atoms with van der Waals surface area (Å²) in [5.74, 6) is 0.864. The van der Waals surface area contributed by atoms with Gasteiger partial charge in [-0.15, -0.1) is 0 Å². The molecule has 1 aromatic rings. The molecule has 1 aromatic heterocycles. The van der Waals surface area contributed by atoms with E-state index >= 15 is 0 Å². The van der Waals surface area contributed by atoms with Crippen LogP contribution in [0.25, 0.3) is 0 Å². The predicted octanol–water partition coefficient (Wildman–Crippen LogP) is 0.751. The van der Waals surface area contributed by atoms with Crippen LogP contribution in [0.15, 0.2) is 18.5 Å². The predicted molar refractivity (Wildman–Crippen MR) is 52.4 cm³/mol.